The van der Waals surface area contributed by atoms with E-state index in [1.54, 1.807) is 6.92 Å². The summed E-state index contributed by atoms with van der Waals surface area (Å²) in [6, 6.07) is 3.93. The Kier molecular flexibility index (Phi) is 4.56. The van der Waals surface area contributed by atoms with Crippen molar-refractivity contribution >= 4 is 27.1 Å². The molecular formula is C10H13ClFNO2S. The molecule has 0 bridgehead atoms. The number of anilines is 1. The summed E-state index contributed by atoms with van der Waals surface area (Å²) >= 11 is 5.76. The van der Waals surface area contributed by atoms with Gasteiger partial charge >= 0.3 is 0 Å². The maximum absolute atomic E-state index is 12.7. The Labute approximate surface area is 99.5 Å². The van der Waals surface area contributed by atoms with Gasteiger partial charge in [0.15, 0.2) is 9.84 Å². The largest absolute Gasteiger partial charge is 0.383 e. The summed E-state index contributed by atoms with van der Waals surface area (Å²) < 4.78 is 35.1. The van der Waals surface area contributed by atoms with Gasteiger partial charge in [0, 0.05) is 12.3 Å². The lowest BCUT2D eigenvalue weighted by Crippen LogP contribution is -2.17. The first-order chi connectivity index (χ1) is 7.44. The zero-order chi connectivity index (χ0) is 12.2. The summed E-state index contributed by atoms with van der Waals surface area (Å²) in [7, 11) is -2.99. The van der Waals surface area contributed by atoms with Crippen molar-refractivity contribution in [1.82, 2.24) is 0 Å². The van der Waals surface area contributed by atoms with Crippen LogP contribution in [0.3, 0.4) is 0 Å². The van der Waals surface area contributed by atoms with Gasteiger partial charge < -0.3 is 5.32 Å². The van der Waals surface area contributed by atoms with Gasteiger partial charge in [-0.25, -0.2) is 12.8 Å². The van der Waals surface area contributed by atoms with Crippen molar-refractivity contribution in [3.63, 3.8) is 0 Å². The van der Waals surface area contributed by atoms with Gasteiger partial charge in [0.1, 0.15) is 5.82 Å². The molecule has 0 spiro atoms. The van der Waals surface area contributed by atoms with Crippen molar-refractivity contribution in [2.24, 2.45) is 0 Å². The topological polar surface area (TPSA) is 46.2 Å². The van der Waals surface area contributed by atoms with E-state index in [1.165, 1.54) is 18.2 Å². The SMILES string of the molecule is CCS(=O)(=O)CCNc1ccc(F)cc1Cl. The molecule has 1 aromatic carbocycles. The molecule has 6 heteroatoms. The van der Waals surface area contributed by atoms with E-state index >= 15 is 0 Å². The molecule has 0 saturated carbocycles. The Bertz CT molecular complexity index is 462. The molecule has 0 aliphatic rings. The average Bonchev–Trinajstić information content (AvgIpc) is 2.21. The molecule has 16 heavy (non-hydrogen) atoms. The third-order valence-corrected chi connectivity index (χ3v) is 4.12. The summed E-state index contributed by atoms with van der Waals surface area (Å²) in [5, 5.41) is 3.10. The van der Waals surface area contributed by atoms with Gasteiger partial charge in [-0.2, -0.15) is 0 Å². The predicted octanol–water partition coefficient (Wildman–Crippen LogP) is 2.33. The summed E-state index contributed by atoms with van der Waals surface area (Å²) in [6.45, 7) is 1.86. The van der Waals surface area contributed by atoms with Crippen LogP contribution >= 0.6 is 11.6 Å². The highest BCUT2D eigenvalue weighted by molar-refractivity contribution is 7.91. The van der Waals surface area contributed by atoms with Crippen LogP contribution in [-0.2, 0) is 9.84 Å². The van der Waals surface area contributed by atoms with Crippen LogP contribution in [0.15, 0.2) is 18.2 Å². The fourth-order valence-electron chi connectivity index (χ4n) is 1.12. The van der Waals surface area contributed by atoms with Crippen molar-refractivity contribution < 1.29 is 12.8 Å². The van der Waals surface area contributed by atoms with E-state index in [9.17, 15) is 12.8 Å². The lowest BCUT2D eigenvalue weighted by Gasteiger charge is -2.08. The van der Waals surface area contributed by atoms with Crippen LogP contribution < -0.4 is 5.32 Å². The first-order valence-corrected chi connectivity index (χ1v) is 7.04. The molecule has 0 amide bonds. The van der Waals surface area contributed by atoms with Crippen molar-refractivity contribution in [2.75, 3.05) is 23.4 Å². The first kappa shape index (κ1) is 13.3. The maximum atomic E-state index is 12.7. The van der Waals surface area contributed by atoms with Crippen molar-refractivity contribution in [3.05, 3.63) is 29.0 Å². The fraction of sp³-hybridized carbons (Fsp3) is 0.400. The molecule has 0 atom stereocenters. The van der Waals surface area contributed by atoms with Crippen molar-refractivity contribution in [2.45, 2.75) is 6.92 Å². The van der Waals surface area contributed by atoms with Crippen LogP contribution in [0.25, 0.3) is 0 Å². The van der Waals surface area contributed by atoms with Crippen LogP contribution in [0.1, 0.15) is 6.92 Å². The second-order valence-corrected chi connectivity index (χ2v) is 6.17. The number of benzene rings is 1. The van der Waals surface area contributed by atoms with Crippen LogP contribution in [0.2, 0.25) is 5.02 Å². The standard InChI is InChI=1S/C10H13ClFNO2S/c1-2-16(14,15)6-5-13-10-4-3-8(12)7-9(10)11/h3-4,7,13H,2,5-6H2,1H3. The molecular weight excluding hydrogens is 253 g/mol. The van der Waals surface area contributed by atoms with Crippen LogP contribution in [0, 0.1) is 5.82 Å². The lowest BCUT2D eigenvalue weighted by molar-refractivity contribution is 0.597. The van der Waals surface area contributed by atoms with Crippen LogP contribution in [0.4, 0.5) is 10.1 Å². The van der Waals surface area contributed by atoms with E-state index in [0.717, 1.165) is 0 Å². The lowest BCUT2D eigenvalue weighted by atomic mass is 10.3. The smallest absolute Gasteiger partial charge is 0.151 e. The predicted molar refractivity (Wildman–Crippen MR) is 64.2 cm³/mol. The van der Waals surface area contributed by atoms with E-state index < -0.39 is 15.7 Å². The highest BCUT2D eigenvalue weighted by atomic mass is 35.5. The van der Waals surface area contributed by atoms with Crippen molar-refractivity contribution in [1.29, 1.82) is 0 Å². The highest BCUT2D eigenvalue weighted by Gasteiger charge is 2.07. The Morgan fingerprint density at radius 3 is 2.69 bits per heavy atom. The molecule has 0 heterocycles. The van der Waals surface area contributed by atoms with Gasteiger partial charge in [0.2, 0.25) is 0 Å². The van der Waals surface area contributed by atoms with Gasteiger partial charge in [-0.05, 0) is 18.2 Å². The molecule has 1 aromatic rings. The summed E-state index contributed by atoms with van der Waals surface area (Å²) in [4.78, 5) is 0. The average molecular weight is 266 g/mol. The summed E-state index contributed by atoms with van der Waals surface area (Å²) in [5.74, 6) is -0.264. The van der Waals surface area contributed by atoms with Crippen molar-refractivity contribution in [3.8, 4) is 0 Å². The summed E-state index contributed by atoms with van der Waals surface area (Å²) in [5.41, 5.74) is 0.536. The zero-order valence-corrected chi connectivity index (χ0v) is 10.4. The van der Waals surface area contributed by atoms with Gasteiger partial charge in [0.25, 0.3) is 0 Å². The Hall–Kier alpha value is -0.810. The molecule has 3 nitrogen and oxygen atoms in total. The molecule has 90 valence electrons. The maximum Gasteiger partial charge on any atom is 0.151 e. The number of hydrogen-bond donors (Lipinski definition) is 1. The number of halogens is 2. The molecule has 1 rings (SSSR count). The number of sulfone groups is 1. The van der Waals surface area contributed by atoms with E-state index in [-0.39, 0.29) is 23.1 Å². The number of nitrogens with one attached hydrogen (secondary N) is 1. The highest BCUT2D eigenvalue weighted by Crippen LogP contribution is 2.21. The summed E-state index contributed by atoms with van der Waals surface area (Å²) in [6.07, 6.45) is 0. The van der Waals surface area contributed by atoms with E-state index in [1.807, 2.05) is 0 Å². The van der Waals surface area contributed by atoms with E-state index in [4.69, 9.17) is 11.6 Å². The Morgan fingerprint density at radius 2 is 2.12 bits per heavy atom. The van der Waals surface area contributed by atoms with Gasteiger partial charge in [0.05, 0.1) is 16.5 Å². The quantitative estimate of drug-likeness (QED) is 0.889. The Balaban J connectivity index is 2.56. The molecule has 1 N–H and O–H groups in total. The second-order valence-electron chi connectivity index (χ2n) is 3.29. The molecule has 0 aromatic heterocycles. The van der Waals surface area contributed by atoms with Crippen LogP contribution in [-0.4, -0.2) is 26.5 Å². The van der Waals surface area contributed by atoms with E-state index in [0.29, 0.717) is 5.69 Å². The van der Waals surface area contributed by atoms with E-state index in [2.05, 4.69) is 5.32 Å². The first-order valence-electron chi connectivity index (χ1n) is 4.84. The monoisotopic (exact) mass is 265 g/mol. The van der Waals surface area contributed by atoms with Gasteiger partial charge in [-0.15, -0.1) is 0 Å². The minimum atomic E-state index is -2.99. The normalized spacial score (nSPS) is 11.4. The molecule has 0 aliphatic heterocycles. The molecule has 0 unspecified atom stereocenters. The zero-order valence-electron chi connectivity index (χ0n) is 8.83. The molecule has 0 saturated heterocycles. The Morgan fingerprint density at radius 1 is 1.44 bits per heavy atom. The fourth-order valence-corrected chi connectivity index (χ4v) is 2.05. The van der Waals surface area contributed by atoms with Gasteiger partial charge in [-0.3, -0.25) is 0 Å². The van der Waals surface area contributed by atoms with Crippen LogP contribution in [0.5, 0.6) is 0 Å². The number of rotatable bonds is 5. The minimum absolute atomic E-state index is 0.0389. The third kappa shape index (κ3) is 3.98. The molecule has 0 fully saturated rings. The molecule has 0 aliphatic carbocycles. The minimum Gasteiger partial charge on any atom is -0.383 e. The number of hydrogen-bond acceptors (Lipinski definition) is 3. The second kappa shape index (κ2) is 5.50. The third-order valence-electron chi connectivity index (χ3n) is 2.10. The van der Waals surface area contributed by atoms with Gasteiger partial charge in [-0.1, -0.05) is 18.5 Å². The molecule has 0 radical (unpaired) electrons.